The Morgan fingerprint density at radius 2 is 1.50 bits per heavy atom. The lowest BCUT2D eigenvalue weighted by Gasteiger charge is -1.15. The SMILES string of the molecule is Br.C1=CC1. The van der Waals surface area contributed by atoms with Gasteiger partial charge < -0.3 is 0 Å². The second kappa shape index (κ2) is 1.53. The van der Waals surface area contributed by atoms with Crippen molar-refractivity contribution in [3.05, 3.63) is 12.2 Å². The van der Waals surface area contributed by atoms with Gasteiger partial charge in [-0.25, -0.2) is 0 Å². The minimum absolute atomic E-state index is 0. The van der Waals surface area contributed by atoms with Crippen molar-refractivity contribution in [2.45, 2.75) is 6.42 Å². The van der Waals surface area contributed by atoms with Gasteiger partial charge in [0.25, 0.3) is 0 Å². The zero-order valence-corrected chi connectivity index (χ0v) is 3.98. The van der Waals surface area contributed by atoms with Gasteiger partial charge in [-0.2, -0.15) is 0 Å². The number of rotatable bonds is 0. The van der Waals surface area contributed by atoms with Gasteiger partial charge in [-0.15, -0.1) is 17.0 Å². The molecule has 0 radical (unpaired) electrons. The van der Waals surface area contributed by atoms with Crippen molar-refractivity contribution in [1.29, 1.82) is 0 Å². The van der Waals surface area contributed by atoms with E-state index in [0.717, 1.165) is 0 Å². The summed E-state index contributed by atoms with van der Waals surface area (Å²) in [6, 6.07) is 0. The lowest BCUT2D eigenvalue weighted by atomic mass is 10.9. The molecule has 0 aromatic carbocycles. The zero-order valence-electron chi connectivity index (χ0n) is 2.27. The minimum Gasteiger partial charge on any atom is -0.114 e. The predicted octanol–water partition coefficient (Wildman–Crippen LogP) is 1.52. The molecule has 1 aliphatic rings. The van der Waals surface area contributed by atoms with Crippen LogP contribution >= 0.6 is 17.0 Å². The molecular weight excluding hydrogens is 116 g/mol. The van der Waals surface area contributed by atoms with E-state index in [1.54, 1.807) is 0 Å². The van der Waals surface area contributed by atoms with Gasteiger partial charge in [0.1, 0.15) is 0 Å². The highest BCUT2D eigenvalue weighted by atomic mass is 79.9. The fourth-order valence-electron chi connectivity index (χ4n) is 0. The third-order valence-corrected chi connectivity index (χ3v) is 0.236. The van der Waals surface area contributed by atoms with Crippen LogP contribution in [0, 0.1) is 0 Å². The van der Waals surface area contributed by atoms with Crippen molar-refractivity contribution >= 4 is 17.0 Å². The van der Waals surface area contributed by atoms with E-state index in [4.69, 9.17) is 0 Å². The molecule has 1 rings (SSSR count). The van der Waals surface area contributed by atoms with Gasteiger partial charge in [0.15, 0.2) is 0 Å². The topological polar surface area (TPSA) is 0 Å². The van der Waals surface area contributed by atoms with Crippen LogP contribution in [0.25, 0.3) is 0 Å². The van der Waals surface area contributed by atoms with E-state index in [-0.39, 0.29) is 17.0 Å². The lowest BCUT2D eigenvalue weighted by molar-refractivity contribution is 1.71. The quantitative estimate of drug-likeness (QED) is 0.426. The molecule has 24 valence electrons. The maximum atomic E-state index is 2.12. The van der Waals surface area contributed by atoms with Gasteiger partial charge >= 0.3 is 0 Å². The first-order valence-corrected chi connectivity index (χ1v) is 1.15. The minimum atomic E-state index is 0. The molecule has 0 aromatic heterocycles. The van der Waals surface area contributed by atoms with Gasteiger partial charge in [-0.1, -0.05) is 12.2 Å². The summed E-state index contributed by atoms with van der Waals surface area (Å²) in [5, 5.41) is 0. The third kappa shape index (κ3) is 2.22. The third-order valence-electron chi connectivity index (χ3n) is 0.236. The number of hydrogen-bond acceptors (Lipinski definition) is 0. The average Bonchev–Trinajstić information content (AvgIpc) is 1.46. The summed E-state index contributed by atoms with van der Waals surface area (Å²) in [4.78, 5) is 0. The van der Waals surface area contributed by atoms with Crippen LogP contribution in [0.4, 0.5) is 0 Å². The molecule has 0 N–H and O–H groups in total. The molecule has 1 aliphatic carbocycles. The van der Waals surface area contributed by atoms with Gasteiger partial charge in [-0.05, 0) is 6.42 Å². The summed E-state index contributed by atoms with van der Waals surface area (Å²) in [5.41, 5.74) is 0. The molecule has 1 heteroatoms. The highest BCUT2D eigenvalue weighted by Gasteiger charge is 1.75. The predicted molar refractivity (Wildman–Crippen MR) is 24.1 cm³/mol. The van der Waals surface area contributed by atoms with E-state index in [1.807, 2.05) is 0 Å². The molecular formula is C3H5Br. The molecule has 0 nitrogen and oxygen atoms in total. The molecule has 0 unspecified atom stereocenters. The van der Waals surface area contributed by atoms with Crippen molar-refractivity contribution in [2.24, 2.45) is 0 Å². The second-order valence-corrected chi connectivity index (χ2v) is 0.707. The van der Waals surface area contributed by atoms with E-state index >= 15 is 0 Å². The summed E-state index contributed by atoms with van der Waals surface area (Å²) in [5.74, 6) is 0. The number of halogens is 1. The van der Waals surface area contributed by atoms with Crippen LogP contribution in [0.1, 0.15) is 6.42 Å². The highest BCUT2D eigenvalue weighted by Crippen LogP contribution is 1.96. The van der Waals surface area contributed by atoms with E-state index in [0.29, 0.717) is 0 Å². The summed E-state index contributed by atoms with van der Waals surface area (Å²) in [6.07, 6.45) is 5.50. The standard InChI is InChI=1S/C3H4.BrH/c1-2-3-1;/h1-2H,3H2;1H. The van der Waals surface area contributed by atoms with Crippen molar-refractivity contribution < 1.29 is 0 Å². The Bertz CT molecular complexity index is 26.3. The number of allylic oxidation sites excluding steroid dienone is 2. The van der Waals surface area contributed by atoms with Crippen molar-refractivity contribution in [1.82, 2.24) is 0 Å². The van der Waals surface area contributed by atoms with Crippen LogP contribution in [0.15, 0.2) is 12.2 Å². The Kier molecular flexibility index (Phi) is 1.61. The highest BCUT2D eigenvalue weighted by molar-refractivity contribution is 8.93. The Morgan fingerprint density at radius 1 is 1.25 bits per heavy atom. The molecule has 0 amide bonds. The maximum absolute atomic E-state index is 2.12. The molecule has 0 saturated heterocycles. The van der Waals surface area contributed by atoms with Gasteiger partial charge in [0.05, 0.1) is 0 Å². The fourth-order valence-corrected chi connectivity index (χ4v) is 0. The molecule has 0 spiro atoms. The Labute approximate surface area is 36.3 Å². The average molecular weight is 121 g/mol. The van der Waals surface area contributed by atoms with E-state index in [1.165, 1.54) is 6.42 Å². The summed E-state index contributed by atoms with van der Waals surface area (Å²) < 4.78 is 0. The molecule has 0 bridgehead atoms. The van der Waals surface area contributed by atoms with E-state index in [2.05, 4.69) is 12.2 Å². The van der Waals surface area contributed by atoms with E-state index in [9.17, 15) is 0 Å². The molecule has 0 aromatic rings. The van der Waals surface area contributed by atoms with Crippen LogP contribution in [0.3, 0.4) is 0 Å². The van der Waals surface area contributed by atoms with Crippen LogP contribution in [0.2, 0.25) is 0 Å². The normalized spacial score (nSPS) is 14.0. The Balaban J connectivity index is 0.0000000900. The van der Waals surface area contributed by atoms with Gasteiger partial charge in [0.2, 0.25) is 0 Å². The monoisotopic (exact) mass is 120 g/mol. The van der Waals surface area contributed by atoms with Crippen LogP contribution in [0.5, 0.6) is 0 Å². The lowest BCUT2D eigenvalue weighted by Crippen LogP contribution is -0.956. The first kappa shape index (κ1) is 4.22. The largest absolute Gasteiger partial charge is 0.114 e. The second-order valence-electron chi connectivity index (χ2n) is 0.707. The molecule has 0 aliphatic heterocycles. The number of hydrogen-bond donors (Lipinski definition) is 0. The Morgan fingerprint density at radius 3 is 1.50 bits per heavy atom. The first-order chi connectivity index (χ1) is 1.50. The first-order valence-electron chi connectivity index (χ1n) is 1.15. The molecule has 0 heterocycles. The zero-order chi connectivity index (χ0) is 2.12. The maximum Gasteiger partial charge on any atom is -0.0169 e. The summed E-state index contributed by atoms with van der Waals surface area (Å²) in [6.45, 7) is 0. The van der Waals surface area contributed by atoms with Gasteiger partial charge in [0, 0.05) is 0 Å². The fraction of sp³-hybridized carbons (Fsp3) is 0.333. The molecule has 0 fully saturated rings. The van der Waals surface area contributed by atoms with Crippen molar-refractivity contribution in [2.75, 3.05) is 0 Å². The van der Waals surface area contributed by atoms with Crippen molar-refractivity contribution in [3.8, 4) is 0 Å². The summed E-state index contributed by atoms with van der Waals surface area (Å²) in [7, 11) is 0. The van der Waals surface area contributed by atoms with E-state index < -0.39 is 0 Å². The molecule has 0 atom stereocenters. The smallest absolute Gasteiger partial charge is 0.0169 e. The molecule has 0 saturated carbocycles. The summed E-state index contributed by atoms with van der Waals surface area (Å²) >= 11 is 0. The Hall–Kier alpha value is 0.220. The van der Waals surface area contributed by atoms with Gasteiger partial charge in [-0.3, -0.25) is 0 Å². The van der Waals surface area contributed by atoms with Crippen LogP contribution < -0.4 is 0 Å². The van der Waals surface area contributed by atoms with Crippen LogP contribution in [-0.4, -0.2) is 0 Å². The molecule has 4 heavy (non-hydrogen) atoms. The van der Waals surface area contributed by atoms with Crippen LogP contribution in [-0.2, 0) is 0 Å². The van der Waals surface area contributed by atoms with Crippen molar-refractivity contribution in [3.63, 3.8) is 0 Å².